The molecule has 1 aliphatic rings. The number of methoxy groups -OCH3 is 1. The van der Waals surface area contributed by atoms with E-state index in [1.807, 2.05) is 0 Å². The van der Waals surface area contributed by atoms with Crippen LogP contribution in [0, 0.1) is 5.82 Å². The lowest BCUT2D eigenvalue weighted by Crippen LogP contribution is -2.23. The van der Waals surface area contributed by atoms with E-state index in [0.29, 0.717) is 11.5 Å². The number of carbonyl (C=O) groups is 1. The van der Waals surface area contributed by atoms with E-state index in [1.54, 1.807) is 6.07 Å². The molecule has 0 radical (unpaired) electrons. The van der Waals surface area contributed by atoms with E-state index >= 15 is 0 Å². The number of hydrogen-bond donors (Lipinski definition) is 1. The molecule has 3 rings (SSSR count). The third kappa shape index (κ3) is 3.39. The van der Waals surface area contributed by atoms with Gasteiger partial charge in [0.25, 0.3) is 5.91 Å². The molecule has 0 atom stereocenters. The zero-order valence-electron chi connectivity index (χ0n) is 12.8. The normalized spacial score (nSPS) is 13.9. The van der Waals surface area contributed by atoms with E-state index in [4.69, 9.17) is 4.74 Å². The Hall–Kier alpha value is -2.70. The molecular weight excluding hydrogens is 299 g/mol. The first-order chi connectivity index (χ1) is 11.2. The van der Waals surface area contributed by atoms with Crippen LogP contribution in [0.2, 0.25) is 0 Å². The Bertz CT molecular complexity index is 717. The summed E-state index contributed by atoms with van der Waals surface area (Å²) in [6, 6.07) is 5.78. The zero-order valence-corrected chi connectivity index (χ0v) is 12.8. The van der Waals surface area contributed by atoms with Crippen LogP contribution in [-0.4, -0.2) is 36.1 Å². The lowest BCUT2D eigenvalue weighted by Gasteiger charge is -2.20. The van der Waals surface area contributed by atoms with E-state index in [-0.39, 0.29) is 11.6 Å². The molecule has 0 unspecified atom stereocenters. The zero-order chi connectivity index (χ0) is 16.2. The topological polar surface area (TPSA) is 67.3 Å². The lowest BCUT2D eigenvalue weighted by molar-refractivity contribution is 0.102. The molecule has 120 valence electrons. The molecule has 1 saturated heterocycles. The number of nitrogens with zero attached hydrogens (tertiary/aromatic N) is 3. The third-order valence-corrected chi connectivity index (χ3v) is 3.67. The highest BCUT2D eigenvalue weighted by atomic mass is 19.1. The fourth-order valence-electron chi connectivity index (χ4n) is 2.54. The first-order valence-corrected chi connectivity index (χ1v) is 7.40. The van der Waals surface area contributed by atoms with Crippen LogP contribution in [0.15, 0.2) is 30.5 Å². The average Bonchev–Trinajstić information content (AvgIpc) is 3.09. The first kappa shape index (κ1) is 15.2. The summed E-state index contributed by atoms with van der Waals surface area (Å²) in [7, 11) is 1.49. The maximum absolute atomic E-state index is 13.3. The van der Waals surface area contributed by atoms with Crippen LogP contribution in [0.3, 0.4) is 0 Å². The summed E-state index contributed by atoms with van der Waals surface area (Å²) >= 11 is 0. The van der Waals surface area contributed by atoms with Crippen molar-refractivity contribution < 1.29 is 13.9 Å². The Kier molecular flexibility index (Phi) is 4.36. The number of halogens is 1. The molecular formula is C16H17FN4O2. The highest BCUT2D eigenvalue weighted by molar-refractivity contribution is 6.05. The summed E-state index contributed by atoms with van der Waals surface area (Å²) in [5, 5.41) is 2.75. The SMILES string of the molecule is COc1ncc(NC(=O)c2cccc(F)c2)c(N2CCCC2)n1. The fourth-order valence-corrected chi connectivity index (χ4v) is 2.54. The van der Waals surface area contributed by atoms with Gasteiger partial charge in [-0.1, -0.05) is 6.07 Å². The van der Waals surface area contributed by atoms with Gasteiger partial charge in [0, 0.05) is 18.7 Å². The minimum absolute atomic E-state index is 0.244. The van der Waals surface area contributed by atoms with Gasteiger partial charge >= 0.3 is 6.01 Å². The van der Waals surface area contributed by atoms with Gasteiger partial charge in [0.15, 0.2) is 5.82 Å². The number of nitrogens with one attached hydrogen (secondary N) is 1. The highest BCUT2D eigenvalue weighted by Gasteiger charge is 2.20. The van der Waals surface area contributed by atoms with Crippen molar-refractivity contribution in [3.63, 3.8) is 0 Å². The Labute approximate surface area is 133 Å². The van der Waals surface area contributed by atoms with E-state index < -0.39 is 11.7 Å². The number of benzene rings is 1. The van der Waals surface area contributed by atoms with Crippen LogP contribution < -0.4 is 15.0 Å². The number of aromatic nitrogens is 2. The predicted octanol–water partition coefficient (Wildman–Crippen LogP) is 2.48. The number of carbonyl (C=O) groups excluding carboxylic acids is 1. The Balaban J connectivity index is 1.88. The van der Waals surface area contributed by atoms with Crippen LogP contribution in [-0.2, 0) is 0 Å². The van der Waals surface area contributed by atoms with Gasteiger partial charge in [-0.3, -0.25) is 4.79 Å². The van der Waals surface area contributed by atoms with Crippen LogP contribution in [0.5, 0.6) is 6.01 Å². The largest absolute Gasteiger partial charge is 0.467 e. The van der Waals surface area contributed by atoms with Gasteiger partial charge in [0.2, 0.25) is 0 Å². The van der Waals surface area contributed by atoms with Gasteiger partial charge in [0.05, 0.1) is 13.3 Å². The van der Waals surface area contributed by atoms with Crippen LogP contribution >= 0.6 is 0 Å². The van der Waals surface area contributed by atoms with E-state index in [2.05, 4.69) is 20.2 Å². The quantitative estimate of drug-likeness (QED) is 0.938. The summed E-state index contributed by atoms with van der Waals surface area (Å²) in [6.07, 6.45) is 3.66. The molecule has 23 heavy (non-hydrogen) atoms. The minimum atomic E-state index is -0.455. The van der Waals surface area contributed by atoms with Crippen LogP contribution in [0.25, 0.3) is 0 Å². The molecule has 0 bridgehead atoms. The van der Waals surface area contributed by atoms with E-state index in [1.165, 1.54) is 31.5 Å². The molecule has 1 aliphatic heterocycles. The van der Waals surface area contributed by atoms with Crippen molar-refractivity contribution in [2.24, 2.45) is 0 Å². The van der Waals surface area contributed by atoms with Gasteiger partial charge in [-0.05, 0) is 31.0 Å². The molecule has 7 heteroatoms. The van der Waals surface area contributed by atoms with Gasteiger partial charge in [-0.15, -0.1) is 0 Å². The minimum Gasteiger partial charge on any atom is -0.467 e. The summed E-state index contributed by atoms with van der Waals surface area (Å²) in [4.78, 5) is 22.8. The van der Waals surface area contributed by atoms with Crippen molar-refractivity contribution in [1.29, 1.82) is 0 Å². The summed E-state index contributed by atoms with van der Waals surface area (Å²) < 4.78 is 18.3. The van der Waals surface area contributed by atoms with Gasteiger partial charge in [-0.2, -0.15) is 4.98 Å². The first-order valence-electron chi connectivity index (χ1n) is 7.40. The Morgan fingerprint density at radius 3 is 2.83 bits per heavy atom. The monoisotopic (exact) mass is 316 g/mol. The predicted molar refractivity (Wildman–Crippen MR) is 84.4 cm³/mol. The molecule has 2 heterocycles. The average molecular weight is 316 g/mol. The molecule has 1 amide bonds. The summed E-state index contributed by atoms with van der Waals surface area (Å²) in [5.41, 5.74) is 0.732. The van der Waals surface area contributed by atoms with Crippen molar-refractivity contribution in [1.82, 2.24) is 9.97 Å². The van der Waals surface area contributed by atoms with Crippen molar-refractivity contribution >= 4 is 17.4 Å². The molecule has 1 aromatic carbocycles. The second kappa shape index (κ2) is 6.60. The molecule has 0 spiro atoms. The van der Waals surface area contributed by atoms with Crippen LogP contribution in [0.4, 0.5) is 15.9 Å². The maximum Gasteiger partial charge on any atom is 0.318 e. The molecule has 1 N–H and O–H groups in total. The summed E-state index contributed by atoms with van der Waals surface area (Å²) in [5.74, 6) is -0.235. The molecule has 1 aromatic heterocycles. The Morgan fingerprint density at radius 2 is 2.13 bits per heavy atom. The van der Waals surface area contributed by atoms with Crippen molar-refractivity contribution in [3.05, 3.63) is 41.8 Å². The second-order valence-corrected chi connectivity index (χ2v) is 5.25. The van der Waals surface area contributed by atoms with Gasteiger partial charge < -0.3 is 15.0 Å². The summed E-state index contributed by atoms with van der Waals surface area (Å²) in [6.45, 7) is 1.73. The Morgan fingerprint density at radius 1 is 1.35 bits per heavy atom. The number of amides is 1. The third-order valence-electron chi connectivity index (χ3n) is 3.67. The van der Waals surface area contributed by atoms with Crippen LogP contribution in [0.1, 0.15) is 23.2 Å². The maximum atomic E-state index is 13.3. The number of rotatable bonds is 4. The standard InChI is InChI=1S/C16H17FN4O2/c1-23-16-18-10-13(14(20-16)21-7-2-3-8-21)19-15(22)11-5-4-6-12(17)9-11/h4-6,9-10H,2-3,7-8H2,1H3,(H,19,22). The number of ether oxygens (including phenoxy) is 1. The molecule has 6 nitrogen and oxygen atoms in total. The lowest BCUT2D eigenvalue weighted by atomic mass is 10.2. The molecule has 0 aliphatic carbocycles. The molecule has 1 fully saturated rings. The second-order valence-electron chi connectivity index (χ2n) is 5.25. The van der Waals surface area contributed by atoms with E-state index in [0.717, 1.165) is 25.9 Å². The molecule has 2 aromatic rings. The number of anilines is 2. The smallest absolute Gasteiger partial charge is 0.318 e. The van der Waals surface area contributed by atoms with Crippen molar-refractivity contribution in [3.8, 4) is 6.01 Å². The van der Waals surface area contributed by atoms with Gasteiger partial charge in [0.1, 0.15) is 11.5 Å². The fraction of sp³-hybridized carbons (Fsp3) is 0.312. The van der Waals surface area contributed by atoms with Crippen molar-refractivity contribution in [2.75, 3.05) is 30.4 Å². The molecule has 0 saturated carbocycles. The van der Waals surface area contributed by atoms with Gasteiger partial charge in [-0.25, -0.2) is 9.37 Å². The number of hydrogen-bond acceptors (Lipinski definition) is 5. The van der Waals surface area contributed by atoms with E-state index in [9.17, 15) is 9.18 Å². The van der Waals surface area contributed by atoms with Crippen molar-refractivity contribution in [2.45, 2.75) is 12.8 Å². The highest BCUT2D eigenvalue weighted by Crippen LogP contribution is 2.28.